The van der Waals surface area contributed by atoms with Gasteiger partial charge in [0.05, 0.1) is 17.1 Å². The lowest BCUT2D eigenvalue weighted by Crippen LogP contribution is -2.25. The minimum atomic E-state index is -0.127. The third-order valence-corrected chi connectivity index (χ3v) is 3.94. The van der Waals surface area contributed by atoms with Gasteiger partial charge in [0.1, 0.15) is 5.84 Å². The molecule has 0 saturated carbocycles. The van der Waals surface area contributed by atoms with Crippen LogP contribution in [0.5, 0.6) is 0 Å². The van der Waals surface area contributed by atoms with Crippen molar-refractivity contribution >= 4 is 29.0 Å². The summed E-state index contributed by atoms with van der Waals surface area (Å²) in [7, 11) is 0. The summed E-state index contributed by atoms with van der Waals surface area (Å²) in [6.07, 6.45) is 8.08. The number of alkyl halides is 1. The zero-order valence-electron chi connectivity index (χ0n) is 12.6. The zero-order chi connectivity index (χ0) is 15.8. The Morgan fingerprint density at radius 3 is 2.86 bits per heavy atom. The van der Waals surface area contributed by atoms with Crippen LogP contribution in [0.2, 0.25) is 0 Å². The number of allylic oxidation sites excluding steroid dienone is 1. The van der Waals surface area contributed by atoms with E-state index in [0.717, 1.165) is 12.8 Å². The Bertz CT molecular complexity index is 581. The molecule has 118 valence electrons. The summed E-state index contributed by atoms with van der Waals surface area (Å²) in [6, 6.07) is 7.14. The highest BCUT2D eigenvalue weighted by atomic mass is 35.5. The fourth-order valence-corrected chi connectivity index (χ4v) is 2.57. The molecule has 5 heteroatoms. The monoisotopic (exact) mass is 319 g/mol. The molecule has 0 radical (unpaired) electrons. The molecule has 0 heterocycles. The predicted octanol–water partition coefficient (Wildman–Crippen LogP) is 3.53. The van der Waals surface area contributed by atoms with E-state index in [4.69, 9.17) is 17.3 Å². The number of hydrogen-bond acceptors (Lipinski definition) is 2. The van der Waals surface area contributed by atoms with Crippen molar-refractivity contribution < 1.29 is 4.79 Å². The molecule has 1 aromatic carbocycles. The number of para-hydroxylation sites is 1. The van der Waals surface area contributed by atoms with Crippen LogP contribution >= 0.6 is 11.6 Å². The topological polar surface area (TPSA) is 67.5 Å². The van der Waals surface area contributed by atoms with Crippen molar-refractivity contribution in [3.05, 3.63) is 41.5 Å². The SMILES string of the molecule is NC(CCl)=Nc1ccccc1C(=O)NCCC1=CCCCC1. The maximum atomic E-state index is 12.3. The molecule has 4 nitrogen and oxygen atoms in total. The fourth-order valence-electron chi connectivity index (χ4n) is 2.51. The summed E-state index contributed by atoms with van der Waals surface area (Å²) < 4.78 is 0. The number of amidine groups is 1. The molecule has 0 atom stereocenters. The first kappa shape index (κ1) is 16.6. The molecule has 1 amide bonds. The van der Waals surface area contributed by atoms with Gasteiger partial charge < -0.3 is 11.1 Å². The predicted molar refractivity (Wildman–Crippen MR) is 91.9 cm³/mol. The Labute approximate surface area is 136 Å². The molecule has 2 rings (SSSR count). The van der Waals surface area contributed by atoms with Gasteiger partial charge in [0.15, 0.2) is 0 Å². The molecule has 1 aromatic rings. The number of nitrogens with one attached hydrogen (secondary N) is 1. The Kier molecular flexibility index (Phi) is 6.46. The van der Waals surface area contributed by atoms with Crippen molar-refractivity contribution in [1.82, 2.24) is 5.32 Å². The van der Waals surface area contributed by atoms with Crippen molar-refractivity contribution in [3.63, 3.8) is 0 Å². The van der Waals surface area contributed by atoms with Crippen molar-refractivity contribution in [1.29, 1.82) is 0 Å². The minimum Gasteiger partial charge on any atom is -0.386 e. The molecule has 1 aliphatic rings. The van der Waals surface area contributed by atoms with Gasteiger partial charge in [-0.3, -0.25) is 4.79 Å². The lowest BCUT2D eigenvalue weighted by Gasteiger charge is -2.13. The van der Waals surface area contributed by atoms with Gasteiger partial charge in [-0.2, -0.15) is 0 Å². The van der Waals surface area contributed by atoms with Crippen molar-refractivity contribution in [3.8, 4) is 0 Å². The molecule has 0 aromatic heterocycles. The van der Waals surface area contributed by atoms with Crippen LogP contribution in [0.3, 0.4) is 0 Å². The summed E-state index contributed by atoms with van der Waals surface area (Å²) in [5.74, 6) is 0.316. The Morgan fingerprint density at radius 1 is 1.32 bits per heavy atom. The van der Waals surface area contributed by atoms with E-state index in [1.807, 2.05) is 12.1 Å². The van der Waals surface area contributed by atoms with Crippen molar-refractivity contribution in [2.45, 2.75) is 32.1 Å². The van der Waals surface area contributed by atoms with E-state index in [-0.39, 0.29) is 11.8 Å². The summed E-state index contributed by atoms with van der Waals surface area (Å²) in [5.41, 5.74) is 8.17. The minimum absolute atomic E-state index is 0.127. The number of halogens is 1. The maximum absolute atomic E-state index is 12.3. The van der Waals surface area contributed by atoms with Crippen molar-refractivity contribution in [2.75, 3.05) is 12.4 Å². The molecule has 0 saturated heterocycles. The molecule has 22 heavy (non-hydrogen) atoms. The van der Waals surface area contributed by atoms with Crippen LogP contribution < -0.4 is 11.1 Å². The second-order valence-electron chi connectivity index (χ2n) is 5.37. The summed E-state index contributed by atoms with van der Waals surface area (Å²) >= 11 is 5.64. The van der Waals surface area contributed by atoms with E-state index in [0.29, 0.717) is 23.6 Å². The summed E-state index contributed by atoms with van der Waals surface area (Å²) in [4.78, 5) is 16.5. The number of nitrogens with two attached hydrogens (primary N) is 1. The van der Waals surface area contributed by atoms with Crippen LogP contribution in [0.15, 0.2) is 40.9 Å². The Morgan fingerprint density at radius 2 is 2.14 bits per heavy atom. The van der Waals surface area contributed by atoms with E-state index in [1.54, 1.807) is 12.1 Å². The molecule has 0 spiro atoms. The van der Waals surface area contributed by atoms with E-state index in [1.165, 1.54) is 24.8 Å². The smallest absolute Gasteiger partial charge is 0.253 e. The van der Waals surface area contributed by atoms with Crippen LogP contribution in [0, 0.1) is 0 Å². The number of amides is 1. The highest BCUT2D eigenvalue weighted by Gasteiger charge is 2.11. The van der Waals surface area contributed by atoms with Gasteiger partial charge in [-0.05, 0) is 44.2 Å². The number of carbonyl (C=O) groups is 1. The average molecular weight is 320 g/mol. The molecule has 0 unspecified atom stereocenters. The number of benzene rings is 1. The van der Waals surface area contributed by atoms with Gasteiger partial charge in [0.2, 0.25) is 0 Å². The van der Waals surface area contributed by atoms with Crippen LogP contribution in [0.4, 0.5) is 5.69 Å². The molecular formula is C17H22ClN3O. The lowest BCUT2D eigenvalue weighted by molar-refractivity contribution is 0.0955. The standard InChI is InChI=1S/C17H22ClN3O/c18-12-16(19)21-15-9-5-4-8-14(15)17(22)20-11-10-13-6-2-1-3-7-13/h4-6,8-9H,1-3,7,10-12H2,(H2,19,21)(H,20,22). The first-order valence-corrected chi connectivity index (χ1v) is 8.18. The van der Waals surface area contributed by atoms with E-state index in [9.17, 15) is 4.79 Å². The highest BCUT2D eigenvalue weighted by molar-refractivity contribution is 6.28. The lowest BCUT2D eigenvalue weighted by atomic mass is 9.97. The van der Waals surface area contributed by atoms with Gasteiger partial charge in [0.25, 0.3) is 5.91 Å². The first-order valence-electron chi connectivity index (χ1n) is 7.65. The fraction of sp³-hybridized carbons (Fsp3) is 0.412. The molecule has 0 bridgehead atoms. The van der Waals surface area contributed by atoms with E-state index in [2.05, 4.69) is 16.4 Å². The Hall–Kier alpha value is -1.81. The third kappa shape index (κ3) is 4.88. The van der Waals surface area contributed by atoms with Crippen molar-refractivity contribution in [2.24, 2.45) is 10.7 Å². The second kappa shape index (κ2) is 8.59. The van der Waals surface area contributed by atoms with Gasteiger partial charge in [-0.15, -0.1) is 11.6 Å². The summed E-state index contributed by atoms with van der Waals surface area (Å²) in [6.45, 7) is 0.647. The van der Waals surface area contributed by atoms with Crippen LogP contribution in [-0.2, 0) is 0 Å². The average Bonchev–Trinajstić information content (AvgIpc) is 2.56. The van der Waals surface area contributed by atoms with Gasteiger partial charge in [-0.25, -0.2) is 4.99 Å². The van der Waals surface area contributed by atoms with Crippen LogP contribution in [-0.4, -0.2) is 24.2 Å². The number of aliphatic imine (C=N–C) groups is 1. The zero-order valence-corrected chi connectivity index (χ0v) is 13.4. The molecule has 0 aliphatic heterocycles. The normalized spacial score (nSPS) is 15.3. The molecular weight excluding hydrogens is 298 g/mol. The quantitative estimate of drug-likeness (QED) is 0.364. The largest absolute Gasteiger partial charge is 0.386 e. The third-order valence-electron chi connectivity index (χ3n) is 3.67. The number of nitrogens with zero attached hydrogens (tertiary/aromatic N) is 1. The van der Waals surface area contributed by atoms with Gasteiger partial charge >= 0.3 is 0 Å². The van der Waals surface area contributed by atoms with E-state index >= 15 is 0 Å². The Balaban J connectivity index is 1.96. The highest BCUT2D eigenvalue weighted by Crippen LogP contribution is 2.20. The number of rotatable bonds is 6. The van der Waals surface area contributed by atoms with Crippen LogP contribution in [0.25, 0.3) is 0 Å². The number of hydrogen-bond donors (Lipinski definition) is 2. The van der Waals surface area contributed by atoms with Gasteiger partial charge in [0, 0.05) is 6.54 Å². The molecule has 1 aliphatic carbocycles. The summed E-state index contributed by atoms with van der Waals surface area (Å²) in [5, 5.41) is 2.96. The van der Waals surface area contributed by atoms with Crippen LogP contribution in [0.1, 0.15) is 42.5 Å². The van der Waals surface area contributed by atoms with E-state index < -0.39 is 0 Å². The molecule has 3 N–H and O–H groups in total. The number of carbonyl (C=O) groups excluding carboxylic acids is 1. The second-order valence-corrected chi connectivity index (χ2v) is 5.64. The molecule has 0 fully saturated rings. The van der Waals surface area contributed by atoms with Gasteiger partial charge in [-0.1, -0.05) is 23.8 Å². The maximum Gasteiger partial charge on any atom is 0.253 e. The first-order chi connectivity index (χ1) is 10.7.